The third-order valence-corrected chi connectivity index (χ3v) is 5.10. The minimum atomic E-state index is -0.258. The molecule has 0 saturated carbocycles. The molecule has 2 N–H and O–H groups in total. The number of benzene rings is 1. The largest absolute Gasteiger partial charge is 0.489 e. The molecular formula is C22H39FIN5O. The second-order valence-electron chi connectivity index (χ2n) is 7.82. The Hall–Kier alpha value is -1.13. The number of halogens is 2. The number of ether oxygens (including phenoxy) is 1. The zero-order chi connectivity index (χ0) is 21.1. The highest BCUT2D eigenvalue weighted by molar-refractivity contribution is 14.0. The van der Waals surface area contributed by atoms with Crippen LogP contribution in [0.4, 0.5) is 4.39 Å². The topological polar surface area (TPSA) is 52.1 Å². The predicted octanol–water partition coefficient (Wildman–Crippen LogP) is 3.04. The van der Waals surface area contributed by atoms with E-state index < -0.39 is 0 Å². The van der Waals surface area contributed by atoms with Crippen molar-refractivity contribution in [1.82, 2.24) is 20.4 Å². The molecule has 1 aliphatic rings. The third kappa shape index (κ3) is 10.3. The molecule has 0 aliphatic carbocycles. The van der Waals surface area contributed by atoms with E-state index in [1.165, 1.54) is 25.2 Å². The number of rotatable bonds is 10. The smallest absolute Gasteiger partial charge is 0.191 e. The number of hydrogen-bond acceptors (Lipinski definition) is 4. The van der Waals surface area contributed by atoms with Gasteiger partial charge in [-0.15, -0.1) is 24.0 Å². The summed E-state index contributed by atoms with van der Waals surface area (Å²) >= 11 is 0. The van der Waals surface area contributed by atoms with E-state index in [1.54, 1.807) is 12.1 Å². The van der Waals surface area contributed by atoms with Crippen LogP contribution in [0.5, 0.6) is 5.75 Å². The standard InChI is InChI=1S/C22H38FN5O.HI/c1-5-24-22(26-16-19(4)29-21-9-7-20(23)8-10-21)25-15-18(3)17-28-13-11-27(6-2)12-14-28;/h7-10,18-19H,5-6,11-17H2,1-4H3,(H2,24,25,26);1H. The Morgan fingerprint density at radius 3 is 2.30 bits per heavy atom. The van der Waals surface area contributed by atoms with Gasteiger partial charge in [-0.2, -0.15) is 0 Å². The summed E-state index contributed by atoms with van der Waals surface area (Å²) in [5.74, 6) is 1.72. The van der Waals surface area contributed by atoms with E-state index in [0.29, 0.717) is 18.2 Å². The zero-order valence-electron chi connectivity index (χ0n) is 18.9. The molecule has 8 heteroatoms. The SMILES string of the molecule is CCNC(=NCC(C)CN1CCN(CC)CC1)NCC(C)Oc1ccc(F)cc1.I. The first-order valence-electron chi connectivity index (χ1n) is 10.9. The first kappa shape index (κ1) is 26.9. The molecule has 0 spiro atoms. The molecule has 30 heavy (non-hydrogen) atoms. The number of guanidine groups is 1. The van der Waals surface area contributed by atoms with Gasteiger partial charge in [0.2, 0.25) is 0 Å². The van der Waals surface area contributed by atoms with Crippen molar-refractivity contribution in [1.29, 1.82) is 0 Å². The fourth-order valence-corrected chi connectivity index (χ4v) is 3.40. The molecule has 6 nitrogen and oxygen atoms in total. The normalized spacial score (nSPS) is 17.7. The molecule has 2 rings (SSSR count). The lowest BCUT2D eigenvalue weighted by Gasteiger charge is -2.35. The van der Waals surface area contributed by atoms with Gasteiger partial charge in [0.15, 0.2) is 5.96 Å². The lowest BCUT2D eigenvalue weighted by Crippen LogP contribution is -2.47. The number of nitrogens with zero attached hydrogens (tertiary/aromatic N) is 3. The predicted molar refractivity (Wildman–Crippen MR) is 134 cm³/mol. The van der Waals surface area contributed by atoms with E-state index in [1.807, 2.05) is 6.92 Å². The van der Waals surface area contributed by atoms with Gasteiger partial charge in [-0.3, -0.25) is 4.99 Å². The Bertz CT molecular complexity index is 608. The molecule has 1 fully saturated rings. The van der Waals surface area contributed by atoms with Gasteiger partial charge in [0.1, 0.15) is 17.7 Å². The maximum Gasteiger partial charge on any atom is 0.191 e. The van der Waals surface area contributed by atoms with Crippen molar-refractivity contribution in [2.24, 2.45) is 10.9 Å². The monoisotopic (exact) mass is 535 g/mol. The number of piperazine rings is 1. The lowest BCUT2D eigenvalue weighted by atomic mass is 10.1. The summed E-state index contributed by atoms with van der Waals surface area (Å²) in [4.78, 5) is 9.80. The van der Waals surface area contributed by atoms with Crippen molar-refractivity contribution in [3.05, 3.63) is 30.1 Å². The lowest BCUT2D eigenvalue weighted by molar-refractivity contribution is 0.125. The van der Waals surface area contributed by atoms with E-state index in [4.69, 9.17) is 9.73 Å². The molecule has 172 valence electrons. The highest BCUT2D eigenvalue weighted by atomic mass is 127. The summed E-state index contributed by atoms with van der Waals surface area (Å²) < 4.78 is 18.8. The van der Waals surface area contributed by atoms with E-state index in [2.05, 4.69) is 41.2 Å². The van der Waals surface area contributed by atoms with E-state index in [9.17, 15) is 4.39 Å². The first-order chi connectivity index (χ1) is 14.0. The van der Waals surface area contributed by atoms with Crippen LogP contribution in [0.2, 0.25) is 0 Å². The summed E-state index contributed by atoms with van der Waals surface area (Å²) in [6, 6.07) is 6.11. The second kappa shape index (κ2) is 14.8. The average Bonchev–Trinajstić information content (AvgIpc) is 2.72. The van der Waals surface area contributed by atoms with Gasteiger partial charge in [0.05, 0.1) is 6.54 Å². The molecule has 1 aliphatic heterocycles. The average molecular weight is 535 g/mol. The molecule has 1 saturated heterocycles. The highest BCUT2D eigenvalue weighted by Gasteiger charge is 2.17. The number of hydrogen-bond donors (Lipinski definition) is 2. The minimum Gasteiger partial charge on any atom is -0.489 e. The molecule has 1 heterocycles. The van der Waals surface area contributed by atoms with Crippen LogP contribution in [0.25, 0.3) is 0 Å². The molecule has 0 amide bonds. The summed E-state index contributed by atoms with van der Waals surface area (Å²) in [7, 11) is 0. The minimum absolute atomic E-state index is 0. The molecule has 0 radical (unpaired) electrons. The van der Waals surface area contributed by atoms with Gasteiger partial charge >= 0.3 is 0 Å². The molecule has 2 atom stereocenters. The van der Waals surface area contributed by atoms with Crippen LogP contribution in [-0.2, 0) is 0 Å². The van der Waals surface area contributed by atoms with Crippen LogP contribution >= 0.6 is 24.0 Å². The van der Waals surface area contributed by atoms with Crippen molar-refractivity contribution >= 4 is 29.9 Å². The second-order valence-corrected chi connectivity index (χ2v) is 7.82. The van der Waals surface area contributed by atoms with Gasteiger partial charge in [-0.05, 0) is 50.6 Å². The molecule has 1 aromatic rings. The van der Waals surface area contributed by atoms with Gasteiger partial charge in [-0.25, -0.2) is 4.39 Å². The fraction of sp³-hybridized carbons (Fsp3) is 0.682. The van der Waals surface area contributed by atoms with Crippen molar-refractivity contribution in [2.45, 2.75) is 33.8 Å². The number of nitrogens with one attached hydrogen (secondary N) is 2. The van der Waals surface area contributed by atoms with Crippen LogP contribution in [0.3, 0.4) is 0 Å². The zero-order valence-corrected chi connectivity index (χ0v) is 21.2. The Morgan fingerprint density at radius 2 is 1.70 bits per heavy atom. The quantitative estimate of drug-likeness (QED) is 0.274. The van der Waals surface area contributed by atoms with Crippen LogP contribution in [0.1, 0.15) is 27.7 Å². The summed E-state index contributed by atoms with van der Waals surface area (Å²) in [5.41, 5.74) is 0. The Morgan fingerprint density at radius 1 is 1.07 bits per heavy atom. The van der Waals surface area contributed by atoms with Gasteiger partial charge < -0.3 is 25.2 Å². The summed E-state index contributed by atoms with van der Waals surface area (Å²) in [6.45, 7) is 17.6. The van der Waals surface area contributed by atoms with E-state index >= 15 is 0 Å². The van der Waals surface area contributed by atoms with Gasteiger partial charge in [0, 0.05) is 45.8 Å². The molecule has 2 unspecified atom stereocenters. The number of likely N-dealkylation sites (N-methyl/N-ethyl adjacent to an activating group) is 1. The Kier molecular flexibility index (Phi) is 13.3. The Labute approximate surface area is 198 Å². The van der Waals surface area contributed by atoms with Crippen molar-refractivity contribution < 1.29 is 9.13 Å². The van der Waals surface area contributed by atoms with Crippen LogP contribution in [0, 0.1) is 11.7 Å². The van der Waals surface area contributed by atoms with Gasteiger partial charge in [0.25, 0.3) is 0 Å². The van der Waals surface area contributed by atoms with Crippen molar-refractivity contribution in [2.75, 3.05) is 58.9 Å². The third-order valence-electron chi connectivity index (χ3n) is 5.10. The summed E-state index contributed by atoms with van der Waals surface area (Å²) in [5, 5.41) is 6.64. The maximum absolute atomic E-state index is 13.0. The molecular weight excluding hydrogens is 496 g/mol. The highest BCUT2D eigenvalue weighted by Crippen LogP contribution is 2.12. The molecule has 0 bridgehead atoms. The molecule has 1 aromatic carbocycles. The fourth-order valence-electron chi connectivity index (χ4n) is 3.40. The van der Waals surface area contributed by atoms with Crippen molar-refractivity contribution in [3.63, 3.8) is 0 Å². The maximum atomic E-state index is 13.0. The van der Waals surface area contributed by atoms with Crippen LogP contribution < -0.4 is 15.4 Å². The Balaban J connectivity index is 0.00000450. The van der Waals surface area contributed by atoms with Crippen molar-refractivity contribution in [3.8, 4) is 5.75 Å². The number of aliphatic imine (C=N–C) groups is 1. The van der Waals surface area contributed by atoms with E-state index in [0.717, 1.165) is 45.2 Å². The molecule has 0 aromatic heterocycles. The first-order valence-corrected chi connectivity index (χ1v) is 10.9. The summed E-state index contributed by atoms with van der Waals surface area (Å²) in [6.07, 6.45) is -0.0587. The van der Waals surface area contributed by atoms with E-state index in [-0.39, 0.29) is 35.9 Å². The van der Waals surface area contributed by atoms with Crippen LogP contribution in [-0.4, -0.2) is 80.8 Å². The van der Waals surface area contributed by atoms with Crippen LogP contribution in [0.15, 0.2) is 29.3 Å². The van der Waals surface area contributed by atoms with Gasteiger partial charge in [-0.1, -0.05) is 13.8 Å².